The van der Waals surface area contributed by atoms with Crippen molar-refractivity contribution < 1.29 is 30.8 Å². The fourth-order valence-electron chi connectivity index (χ4n) is 3.07. The van der Waals surface area contributed by atoms with Crippen LogP contribution in [-0.2, 0) is 14.6 Å². The maximum absolute atomic E-state index is 13.8. The average molecular weight is 447 g/mol. The van der Waals surface area contributed by atoms with Crippen LogP contribution in [0.2, 0.25) is 0 Å². The third kappa shape index (κ3) is 4.59. The van der Waals surface area contributed by atoms with Gasteiger partial charge in [-0.2, -0.15) is 18.4 Å². The Morgan fingerprint density at radius 3 is 2.27 bits per heavy atom. The zero-order valence-corrected chi connectivity index (χ0v) is 16.9. The van der Waals surface area contributed by atoms with Gasteiger partial charge in [0, 0.05) is 0 Å². The summed E-state index contributed by atoms with van der Waals surface area (Å²) in [6.07, 6.45) is -3.18. The average Bonchev–Trinajstić information content (AvgIpc) is 3.57. The van der Waals surface area contributed by atoms with Crippen molar-refractivity contribution in [1.29, 1.82) is 5.26 Å². The highest BCUT2D eigenvalue weighted by molar-refractivity contribution is 7.93. The summed E-state index contributed by atoms with van der Waals surface area (Å²) in [6.45, 7) is 0.885. The number of hydrogen-bond acceptors (Lipinski definition) is 5. The highest BCUT2D eigenvalue weighted by Crippen LogP contribution is 2.40. The Morgan fingerprint density at radius 1 is 1.27 bits per heavy atom. The molecule has 0 aromatic heterocycles. The van der Waals surface area contributed by atoms with E-state index >= 15 is 0 Å². The summed E-state index contributed by atoms with van der Waals surface area (Å²) in [7, 11) is -4.39. The van der Waals surface area contributed by atoms with Gasteiger partial charge >= 0.3 is 6.18 Å². The predicted molar refractivity (Wildman–Crippen MR) is 99.0 cm³/mol. The third-order valence-electron chi connectivity index (χ3n) is 5.47. The molecule has 0 radical (unpaired) electrons. The summed E-state index contributed by atoms with van der Waals surface area (Å²) >= 11 is 0. The number of carbonyl (C=O) groups is 1. The van der Waals surface area contributed by atoms with Gasteiger partial charge in [0.05, 0.1) is 11.8 Å². The van der Waals surface area contributed by atoms with Gasteiger partial charge in [-0.05, 0) is 56.2 Å². The molecule has 2 aliphatic carbocycles. The molecule has 1 amide bonds. The number of rotatable bonds is 8. The van der Waals surface area contributed by atoms with Crippen LogP contribution in [0.1, 0.15) is 44.2 Å². The first-order valence-corrected chi connectivity index (χ1v) is 11.0. The number of carbonyl (C=O) groups excluding carboxylic acids is 1. The Balaban J connectivity index is 2.00. The molecule has 2 saturated carbocycles. The lowest BCUT2D eigenvalue weighted by Crippen LogP contribution is -2.64. The minimum absolute atomic E-state index is 0.218. The smallest absolute Gasteiger partial charge is 0.335 e. The highest BCUT2D eigenvalue weighted by Gasteiger charge is 2.56. The molecule has 0 heterocycles. The number of benzene rings is 1. The lowest BCUT2D eigenvalue weighted by molar-refractivity contribution is -0.161. The second-order valence-electron chi connectivity index (χ2n) is 8.08. The van der Waals surface area contributed by atoms with Gasteiger partial charge in [0.2, 0.25) is 0 Å². The Bertz CT molecular complexity index is 964. The van der Waals surface area contributed by atoms with Crippen LogP contribution in [0, 0.1) is 23.1 Å². The van der Waals surface area contributed by atoms with Crippen LogP contribution < -0.4 is 10.6 Å². The van der Waals surface area contributed by atoms with Crippen molar-refractivity contribution in [3.05, 3.63) is 35.6 Å². The van der Waals surface area contributed by atoms with E-state index in [1.54, 1.807) is 0 Å². The van der Waals surface area contributed by atoms with Crippen LogP contribution >= 0.6 is 0 Å². The quantitative estimate of drug-likeness (QED) is 0.597. The Labute approximate surface area is 171 Å². The first kappa shape index (κ1) is 22.5. The van der Waals surface area contributed by atoms with Crippen LogP contribution in [-0.4, -0.2) is 36.7 Å². The number of halogens is 4. The van der Waals surface area contributed by atoms with Crippen molar-refractivity contribution in [2.24, 2.45) is 5.92 Å². The van der Waals surface area contributed by atoms with E-state index in [0.29, 0.717) is 12.8 Å². The molecule has 0 spiro atoms. The van der Waals surface area contributed by atoms with Gasteiger partial charge in [0.25, 0.3) is 5.91 Å². The number of sulfone groups is 1. The van der Waals surface area contributed by atoms with Crippen molar-refractivity contribution >= 4 is 15.7 Å². The van der Waals surface area contributed by atoms with E-state index in [9.17, 15) is 36.0 Å². The van der Waals surface area contributed by atoms with Crippen molar-refractivity contribution in [2.75, 3.05) is 5.75 Å². The first-order chi connectivity index (χ1) is 13.8. The topological polar surface area (TPSA) is 99.1 Å². The summed E-state index contributed by atoms with van der Waals surface area (Å²) in [5.41, 5.74) is -1.70. The molecule has 164 valence electrons. The summed E-state index contributed by atoms with van der Waals surface area (Å²) < 4.78 is 80.8. The van der Waals surface area contributed by atoms with Gasteiger partial charge in [-0.3, -0.25) is 10.1 Å². The molecule has 1 aromatic carbocycles. The first-order valence-electron chi connectivity index (χ1n) is 9.38. The number of amides is 1. The Morgan fingerprint density at radius 2 is 1.83 bits per heavy atom. The minimum atomic E-state index is -4.97. The van der Waals surface area contributed by atoms with Crippen molar-refractivity contribution in [3.8, 4) is 6.07 Å². The van der Waals surface area contributed by atoms with E-state index in [2.05, 4.69) is 5.32 Å². The van der Waals surface area contributed by atoms with E-state index in [1.165, 1.54) is 0 Å². The molecule has 30 heavy (non-hydrogen) atoms. The van der Waals surface area contributed by atoms with E-state index in [1.807, 2.05) is 11.4 Å². The normalized spacial score (nSPS) is 21.2. The molecule has 0 aliphatic heterocycles. The van der Waals surface area contributed by atoms with Crippen LogP contribution in [0.25, 0.3) is 0 Å². The van der Waals surface area contributed by atoms with Gasteiger partial charge < -0.3 is 5.32 Å². The summed E-state index contributed by atoms with van der Waals surface area (Å²) in [5.74, 6) is -2.63. The van der Waals surface area contributed by atoms with Gasteiger partial charge in [0.15, 0.2) is 14.7 Å². The zero-order chi connectivity index (χ0) is 22.4. The number of nitrogens with one attached hydrogen (secondary N) is 2. The lowest BCUT2D eigenvalue weighted by Gasteiger charge is -2.35. The van der Waals surface area contributed by atoms with Gasteiger partial charge in [0.1, 0.15) is 17.4 Å². The second-order valence-corrected chi connectivity index (χ2v) is 10.5. The van der Waals surface area contributed by atoms with Crippen molar-refractivity contribution in [1.82, 2.24) is 10.6 Å². The van der Waals surface area contributed by atoms with E-state index in [4.69, 9.17) is 0 Å². The molecule has 0 saturated heterocycles. The minimum Gasteiger partial charge on any atom is -0.335 e. The van der Waals surface area contributed by atoms with E-state index < -0.39 is 55.5 Å². The molecule has 2 aliphatic rings. The maximum Gasteiger partial charge on any atom is 0.407 e. The van der Waals surface area contributed by atoms with Crippen molar-refractivity contribution in [3.63, 3.8) is 0 Å². The van der Waals surface area contributed by atoms with E-state index in [-0.39, 0.29) is 18.8 Å². The Hall–Kier alpha value is -2.19. The molecule has 2 atom stereocenters. The largest absolute Gasteiger partial charge is 0.407 e. The van der Waals surface area contributed by atoms with Crippen LogP contribution in [0.15, 0.2) is 24.3 Å². The van der Waals surface area contributed by atoms with Gasteiger partial charge in [-0.25, -0.2) is 12.8 Å². The fraction of sp³-hybridized carbons (Fsp3) is 0.579. The molecule has 0 bridgehead atoms. The maximum atomic E-state index is 13.8. The molecule has 0 unspecified atom stereocenters. The zero-order valence-electron chi connectivity index (χ0n) is 16.1. The summed E-state index contributed by atoms with van der Waals surface area (Å²) in [4.78, 5) is 10.3. The molecule has 3 rings (SSSR count). The van der Waals surface area contributed by atoms with Crippen LogP contribution in [0.3, 0.4) is 0 Å². The number of nitrogens with zero attached hydrogens (tertiary/aromatic N) is 1. The monoisotopic (exact) mass is 447 g/mol. The van der Waals surface area contributed by atoms with Crippen LogP contribution in [0.5, 0.6) is 0 Å². The predicted octanol–water partition coefficient (Wildman–Crippen LogP) is 2.73. The highest BCUT2D eigenvalue weighted by atomic mass is 32.2. The molecular weight excluding hydrogens is 426 g/mol. The van der Waals surface area contributed by atoms with Gasteiger partial charge in [-0.1, -0.05) is 12.1 Å². The van der Waals surface area contributed by atoms with Crippen LogP contribution in [0.4, 0.5) is 17.6 Å². The number of nitriles is 1. The fourth-order valence-corrected chi connectivity index (χ4v) is 4.99. The molecule has 6 nitrogen and oxygen atoms in total. The summed E-state index contributed by atoms with van der Waals surface area (Å²) in [5, 5.41) is 13.5. The number of alkyl halides is 3. The number of hydrogen-bond donors (Lipinski definition) is 2. The molecule has 1 aromatic rings. The third-order valence-corrected chi connectivity index (χ3v) is 7.93. The Kier molecular flexibility index (Phi) is 5.62. The molecule has 11 heteroatoms. The van der Waals surface area contributed by atoms with E-state index in [0.717, 1.165) is 31.2 Å². The van der Waals surface area contributed by atoms with Gasteiger partial charge in [-0.15, -0.1) is 0 Å². The SMILES string of the molecule is C[C@](N[C@@H](c1ccc(F)cc1)C(F)(F)F)(C(=O)NC1(C#N)CC1)S(=O)(=O)CC1CC1. The molecule has 2 N–H and O–H groups in total. The summed E-state index contributed by atoms with van der Waals surface area (Å²) in [6, 6.07) is 2.72. The molecular formula is C19H21F4N3O3S. The lowest BCUT2D eigenvalue weighted by atomic mass is 10.0. The second kappa shape index (κ2) is 7.50. The standard InChI is InChI=1S/C19H21F4N3O3S/c1-17(30(28,29)10-12-2-3-12,16(27)26-18(11-24)8-9-18)25-15(19(21,22)23)13-4-6-14(20)7-5-13/h4-7,12,15,25H,2-3,8-10H2,1H3,(H,26,27)/t15-,17+/m0/s1. The van der Waals surface area contributed by atoms with Crippen molar-refractivity contribution in [2.45, 2.75) is 55.2 Å². The molecule has 2 fully saturated rings.